The van der Waals surface area contributed by atoms with E-state index in [1.165, 1.54) is 4.90 Å². The summed E-state index contributed by atoms with van der Waals surface area (Å²) in [7, 11) is 0. The molecular formula is C30H33N7O5. The molecule has 218 valence electrons. The summed E-state index contributed by atoms with van der Waals surface area (Å²) in [6.45, 7) is 4.62. The van der Waals surface area contributed by atoms with Crippen LogP contribution in [0, 0.1) is 6.92 Å². The Morgan fingerprint density at radius 2 is 1.86 bits per heavy atom. The van der Waals surface area contributed by atoms with Gasteiger partial charge in [0.25, 0.3) is 5.91 Å². The van der Waals surface area contributed by atoms with Crippen LogP contribution < -0.4 is 15.4 Å². The maximum atomic E-state index is 13.2. The third kappa shape index (κ3) is 7.19. The SMILES string of the molecule is Cc1cc(CC(=O)N2CCCNC(=O)c3cccc(c3)OCCn3nc(-c4ccccc4)nc3[C@H](C)NC(=O)C2)on1. The number of hydrogen-bond donors (Lipinski definition) is 2. The molecule has 1 aliphatic heterocycles. The number of hydrogen-bond acceptors (Lipinski definition) is 8. The first-order valence-corrected chi connectivity index (χ1v) is 13.9. The zero-order valence-corrected chi connectivity index (χ0v) is 23.6. The number of ether oxygens (including phenoxy) is 1. The van der Waals surface area contributed by atoms with Crippen LogP contribution in [0.5, 0.6) is 5.75 Å². The number of aryl methyl sites for hydroxylation is 1. The van der Waals surface area contributed by atoms with Gasteiger partial charge in [0, 0.05) is 30.3 Å². The van der Waals surface area contributed by atoms with E-state index in [-0.39, 0.29) is 43.8 Å². The lowest BCUT2D eigenvalue weighted by atomic mass is 10.2. The molecule has 0 aliphatic carbocycles. The highest BCUT2D eigenvalue weighted by Crippen LogP contribution is 2.20. The van der Waals surface area contributed by atoms with Crippen molar-refractivity contribution in [3.05, 3.63) is 83.5 Å². The van der Waals surface area contributed by atoms with Crippen LogP contribution in [-0.4, -0.2) is 68.8 Å². The van der Waals surface area contributed by atoms with Crippen LogP contribution >= 0.6 is 0 Å². The number of carbonyl (C=O) groups excluding carboxylic acids is 3. The number of benzene rings is 2. The topological polar surface area (TPSA) is 144 Å². The van der Waals surface area contributed by atoms with Gasteiger partial charge in [-0.05, 0) is 38.5 Å². The van der Waals surface area contributed by atoms with E-state index in [0.29, 0.717) is 53.9 Å². The first-order chi connectivity index (χ1) is 20.4. The average molecular weight is 572 g/mol. The normalized spacial score (nSPS) is 16.8. The molecule has 12 heteroatoms. The number of amides is 3. The Balaban J connectivity index is 1.41. The van der Waals surface area contributed by atoms with Crippen LogP contribution in [0.2, 0.25) is 0 Å². The van der Waals surface area contributed by atoms with Crippen molar-refractivity contribution in [2.75, 3.05) is 26.2 Å². The fourth-order valence-corrected chi connectivity index (χ4v) is 4.68. The van der Waals surface area contributed by atoms with Gasteiger partial charge in [-0.3, -0.25) is 14.4 Å². The minimum atomic E-state index is -0.502. The largest absolute Gasteiger partial charge is 0.492 e. The van der Waals surface area contributed by atoms with Crippen molar-refractivity contribution in [2.24, 2.45) is 0 Å². The molecule has 0 radical (unpaired) electrons. The standard InChI is InChI=1S/C30H33N7O5/c1-20-16-25(42-35-20)18-27(39)36-13-7-12-31-30(40)23-10-6-11-24(17-23)41-15-14-37-29(21(2)32-26(38)19-36)33-28(34-37)22-8-4-3-5-9-22/h3-6,8-11,16-17,21H,7,12-15,18-19H2,1-2H3,(H,31,40)(H,32,38)/t21-/m0/s1. The summed E-state index contributed by atoms with van der Waals surface area (Å²) in [6, 6.07) is 17.7. The van der Waals surface area contributed by atoms with Crippen LogP contribution in [0.15, 0.2) is 65.2 Å². The van der Waals surface area contributed by atoms with Crippen LogP contribution in [0.3, 0.4) is 0 Å². The van der Waals surface area contributed by atoms with E-state index in [2.05, 4.69) is 15.8 Å². The Hall–Kier alpha value is -5.00. The molecule has 0 spiro atoms. The molecule has 12 nitrogen and oxygen atoms in total. The van der Waals surface area contributed by atoms with Gasteiger partial charge in [0.1, 0.15) is 23.9 Å². The van der Waals surface area contributed by atoms with Crippen LogP contribution in [0.4, 0.5) is 0 Å². The molecule has 5 rings (SSSR count). The van der Waals surface area contributed by atoms with Gasteiger partial charge in [-0.2, -0.15) is 5.10 Å². The van der Waals surface area contributed by atoms with Crippen molar-refractivity contribution < 1.29 is 23.6 Å². The summed E-state index contributed by atoms with van der Waals surface area (Å²) in [6.07, 6.45) is 0.415. The van der Waals surface area contributed by atoms with Crippen molar-refractivity contribution in [1.29, 1.82) is 0 Å². The lowest BCUT2D eigenvalue weighted by Gasteiger charge is -2.23. The fourth-order valence-electron chi connectivity index (χ4n) is 4.68. The van der Waals surface area contributed by atoms with E-state index >= 15 is 0 Å². The number of aromatic nitrogens is 4. The second-order valence-corrected chi connectivity index (χ2v) is 10.1. The summed E-state index contributed by atoms with van der Waals surface area (Å²) in [5.74, 6) is 1.16. The first-order valence-electron chi connectivity index (χ1n) is 13.9. The van der Waals surface area contributed by atoms with Gasteiger partial charge in [-0.1, -0.05) is 41.6 Å². The molecule has 0 fully saturated rings. The van der Waals surface area contributed by atoms with Crippen LogP contribution in [0.25, 0.3) is 11.4 Å². The summed E-state index contributed by atoms with van der Waals surface area (Å²) in [5, 5.41) is 14.4. The molecule has 2 bridgehead atoms. The van der Waals surface area contributed by atoms with Gasteiger partial charge in [-0.15, -0.1) is 0 Å². The number of carbonyl (C=O) groups is 3. The Kier molecular flexibility index (Phi) is 8.90. The Morgan fingerprint density at radius 1 is 1.05 bits per heavy atom. The van der Waals surface area contributed by atoms with E-state index in [0.717, 1.165) is 5.56 Å². The minimum Gasteiger partial charge on any atom is -0.492 e. The highest BCUT2D eigenvalue weighted by molar-refractivity contribution is 5.94. The second-order valence-electron chi connectivity index (χ2n) is 10.1. The fraction of sp³-hybridized carbons (Fsp3) is 0.333. The number of nitrogens with one attached hydrogen (secondary N) is 2. The van der Waals surface area contributed by atoms with Crippen molar-refractivity contribution >= 4 is 17.7 Å². The van der Waals surface area contributed by atoms with E-state index < -0.39 is 6.04 Å². The predicted octanol–water partition coefficient (Wildman–Crippen LogP) is 2.70. The average Bonchev–Trinajstić information content (AvgIpc) is 3.60. The van der Waals surface area contributed by atoms with Gasteiger partial charge in [0.05, 0.1) is 31.2 Å². The van der Waals surface area contributed by atoms with Crippen molar-refractivity contribution in [3.8, 4) is 17.1 Å². The predicted molar refractivity (Wildman–Crippen MR) is 152 cm³/mol. The van der Waals surface area contributed by atoms with Gasteiger partial charge >= 0.3 is 0 Å². The summed E-state index contributed by atoms with van der Waals surface area (Å²) in [5.41, 5.74) is 1.97. The van der Waals surface area contributed by atoms with Crippen LogP contribution in [0.1, 0.15) is 47.0 Å². The Labute approximate surface area is 243 Å². The third-order valence-electron chi connectivity index (χ3n) is 6.74. The van der Waals surface area contributed by atoms with Gasteiger partial charge < -0.3 is 24.8 Å². The lowest BCUT2D eigenvalue weighted by molar-refractivity contribution is -0.136. The maximum absolute atomic E-state index is 13.2. The smallest absolute Gasteiger partial charge is 0.251 e. The molecule has 4 aromatic rings. The monoisotopic (exact) mass is 571 g/mol. The molecule has 2 N–H and O–H groups in total. The summed E-state index contributed by atoms with van der Waals surface area (Å²) < 4.78 is 12.9. The quantitative estimate of drug-likeness (QED) is 0.382. The van der Waals surface area contributed by atoms with Crippen molar-refractivity contribution in [1.82, 2.24) is 35.5 Å². The number of nitrogens with zero attached hydrogens (tertiary/aromatic N) is 5. The second kappa shape index (κ2) is 13.1. The molecule has 3 heterocycles. The maximum Gasteiger partial charge on any atom is 0.251 e. The number of rotatable bonds is 3. The number of fused-ring (bicyclic) bond motifs is 3. The van der Waals surface area contributed by atoms with E-state index in [9.17, 15) is 14.4 Å². The summed E-state index contributed by atoms with van der Waals surface area (Å²) in [4.78, 5) is 45.4. The molecule has 2 aromatic heterocycles. The Bertz CT molecular complexity index is 1550. The van der Waals surface area contributed by atoms with Crippen LogP contribution in [-0.2, 0) is 22.6 Å². The molecular weight excluding hydrogens is 538 g/mol. The molecule has 1 atom stereocenters. The van der Waals surface area contributed by atoms with Crippen molar-refractivity contribution in [3.63, 3.8) is 0 Å². The zero-order valence-electron chi connectivity index (χ0n) is 23.6. The molecule has 0 saturated heterocycles. The van der Waals surface area contributed by atoms with E-state index in [4.69, 9.17) is 19.3 Å². The Morgan fingerprint density at radius 3 is 2.64 bits per heavy atom. The molecule has 42 heavy (non-hydrogen) atoms. The van der Waals surface area contributed by atoms with Gasteiger partial charge in [-0.25, -0.2) is 9.67 Å². The molecule has 0 saturated carbocycles. The van der Waals surface area contributed by atoms with E-state index in [1.54, 1.807) is 41.9 Å². The van der Waals surface area contributed by atoms with Gasteiger partial charge in [0.15, 0.2) is 5.82 Å². The van der Waals surface area contributed by atoms with E-state index in [1.807, 2.05) is 37.3 Å². The van der Waals surface area contributed by atoms with Crippen molar-refractivity contribution in [2.45, 2.75) is 39.3 Å². The molecule has 0 unspecified atom stereocenters. The zero-order chi connectivity index (χ0) is 29.5. The highest BCUT2D eigenvalue weighted by Gasteiger charge is 2.23. The molecule has 2 aromatic carbocycles. The molecule has 1 aliphatic rings. The highest BCUT2D eigenvalue weighted by atomic mass is 16.5. The molecule has 3 amide bonds. The third-order valence-corrected chi connectivity index (χ3v) is 6.74. The van der Waals surface area contributed by atoms with Gasteiger partial charge in [0.2, 0.25) is 11.8 Å². The first kappa shape index (κ1) is 28.5. The summed E-state index contributed by atoms with van der Waals surface area (Å²) >= 11 is 0. The lowest BCUT2D eigenvalue weighted by Crippen LogP contribution is -2.43. The minimum absolute atomic E-state index is 0.0302.